The summed E-state index contributed by atoms with van der Waals surface area (Å²) < 4.78 is 5.70. The first-order chi connectivity index (χ1) is 11.6. The number of hydrogen-bond acceptors (Lipinski definition) is 3. The standard InChI is InChI=1S/C21H19NO2/c1-15(24-20-10-6-5-9-19(20)22)21(23)18-13-11-17(12-14-18)16-7-3-2-4-8-16/h2-15H,22H2,1H3. The molecule has 0 amide bonds. The van der Waals surface area contributed by atoms with Crippen molar-refractivity contribution in [2.45, 2.75) is 13.0 Å². The largest absolute Gasteiger partial charge is 0.480 e. The molecule has 3 aromatic carbocycles. The minimum absolute atomic E-state index is 0.0714. The Labute approximate surface area is 141 Å². The van der Waals surface area contributed by atoms with Crippen molar-refractivity contribution in [1.82, 2.24) is 0 Å². The molecule has 0 heterocycles. The summed E-state index contributed by atoms with van der Waals surface area (Å²) >= 11 is 0. The Bertz CT molecular complexity index is 826. The molecule has 0 aliphatic heterocycles. The average molecular weight is 317 g/mol. The van der Waals surface area contributed by atoms with Crippen molar-refractivity contribution in [3.05, 3.63) is 84.4 Å². The zero-order valence-electron chi connectivity index (χ0n) is 13.5. The molecular formula is C21H19NO2. The Hall–Kier alpha value is -3.07. The van der Waals surface area contributed by atoms with Crippen LogP contribution in [0.1, 0.15) is 17.3 Å². The second-order valence-electron chi connectivity index (χ2n) is 5.61. The number of hydrogen-bond donors (Lipinski definition) is 1. The van der Waals surface area contributed by atoms with E-state index in [9.17, 15) is 4.79 Å². The summed E-state index contributed by atoms with van der Waals surface area (Å²) in [7, 11) is 0. The number of nitrogens with two attached hydrogens (primary N) is 1. The predicted molar refractivity (Wildman–Crippen MR) is 97.2 cm³/mol. The molecule has 0 saturated carbocycles. The lowest BCUT2D eigenvalue weighted by Gasteiger charge is -2.15. The normalized spacial score (nSPS) is 11.7. The minimum atomic E-state index is -0.600. The van der Waals surface area contributed by atoms with Crippen LogP contribution >= 0.6 is 0 Å². The van der Waals surface area contributed by atoms with Gasteiger partial charge in [-0.15, -0.1) is 0 Å². The van der Waals surface area contributed by atoms with E-state index in [-0.39, 0.29) is 5.78 Å². The van der Waals surface area contributed by atoms with Gasteiger partial charge in [-0.25, -0.2) is 0 Å². The number of ketones is 1. The number of Topliss-reactive ketones (excluding diaryl/α,β-unsaturated/α-hetero) is 1. The van der Waals surface area contributed by atoms with E-state index >= 15 is 0 Å². The quantitative estimate of drug-likeness (QED) is 0.553. The van der Waals surface area contributed by atoms with Gasteiger partial charge >= 0.3 is 0 Å². The maximum Gasteiger partial charge on any atom is 0.202 e. The Morgan fingerprint density at radius 3 is 2.08 bits per heavy atom. The number of carbonyl (C=O) groups excluding carboxylic acids is 1. The van der Waals surface area contributed by atoms with E-state index in [1.165, 1.54) is 0 Å². The summed E-state index contributed by atoms with van der Waals surface area (Å²) in [6.45, 7) is 1.74. The van der Waals surface area contributed by atoms with Crippen molar-refractivity contribution in [1.29, 1.82) is 0 Å². The second-order valence-corrected chi connectivity index (χ2v) is 5.61. The van der Waals surface area contributed by atoms with Gasteiger partial charge in [0.05, 0.1) is 5.69 Å². The fourth-order valence-electron chi connectivity index (χ4n) is 2.52. The minimum Gasteiger partial charge on any atom is -0.480 e. The van der Waals surface area contributed by atoms with E-state index in [1.54, 1.807) is 19.1 Å². The lowest BCUT2D eigenvalue weighted by molar-refractivity contribution is 0.0819. The van der Waals surface area contributed by atoms with Gasteiger partial charge in [-0.05, 0) is 30.2 Å². The van der Waals surface area contributed by atoms with Crippen LogP contribution in [0, 0.1) is 0 Å². The van der Waals surface area contributed by atoms with Crippen LogP contribution in [0.25, 0.3) is 11.1 Å². The number of benzene rings is 3. The average Bonchev–Trinajstić information content (AvgIpc) is 2.64. The number of para-hydroxylation sites is 2. The van der Waals surface area contributed by atoms with Crippen LogP contribution in [0.15, 0.2) is 78.9 Å². The number of rotatable bonds is 5. The van der Waals surface area contributed by atoms with Crippen LogP contribution in [0.3, 0.4) is 0 Å². The van der Waals surface area contributed by atoms with Gasteiger partial charge in [0.2, 0.25) is 5.78 Å². The molecule has 0 bridgehead atoms. The highest BCUT2D eigenvalue weighted by atomic mass is 16.5. The fraction of sp³-hybridized carbons (Fsp3) is 0.0952. The van der Waals surface area contributed by atoms with Crippen LogP contribution in [-0.2, 0) is 0 Å². The number of anilines is 1. The first-order valence-electron chi connectivity index (χ1n) is 7.86. The molecular weight excluding hydrogens is 298 g/mol. The van der Waals surface area contributed by atoms with Crippen LogP contribution in [0.4, 0.5) is 5.69 Å². The Balaban J connectivity index is 1.74. The van der Waals surface area contributed by atoms with Gasteiger partial charge in [0.15, 0.2) is 6.10 Å². The highest BCUT2D eigenvalue weighted by Crippen LogP contribution is 2.23. The molecule has 3 aromatic rings. The summed E-state index contributed by atoms with van der Waals surface area (Å²) in [5.74, 6) is 0.456. The zero-order chi connectivity index (χ0) is 16.9. The van der Waals surface area contributed by atoms with Crippen molar-refractivity contribution in [3.8, 4) is 16.9 Å². The molecule has 3 heteroatoms. The molecule has 120 valence electrons. The van der Waals surface area contributed by atoms with E-state index in [2.05, 4.69) is 0 Å². The molecule has 0 fully saturated rings. The molecule has 0 aliphatic carbocycles. The van der Waals surface area contributed by atoms with Gasteiger partial charge in [0, 0.05) is 5.56 Å². The first kappa shape index (κ1) is 15.8. The van der Waals surface area contributed by atoms with Crippen molar-refractivity contribution in [3.63, 3.8) is 0 Å². The molecule has 0 aliphatic rings. The monoisotopic (exact) mass is 317 g/mol. The van der Waals surface area contributed by atoms with Crippen molar-refractivity contribution < 1.29 is 9.53 Å². The van der Waals surface area contributed by atoms with Crippen molar-refractivity contribution >= 4 is 11.5 Å². The SMILES string of the molecule is CC(Oc1ccccc1N)C(=O)c1ccc(-c2ccccc2)cc1. The predicted octanol–water partition coefficient (Wildman–Crippen LogP) is 4.59. The highest BCUT2D eigenvalue weighted by molar-refractivity contribution is 5.99. The maximum atomic E-state index is 12.5. The molecule has 24 heavy (non-hydrogen) atoms. The van der Waals surface area contributed by atoms with E-state index in [1.807, 2.05) is 66.7 Å². The van der Waals surface area contributed by atoms with Crippen molar-refractivity contribution in [2.24, 2.45) is 0 Å². The van der Waals surface area contributed by atoms with E-state index < -0.39 is 6.10 Å². The van der Waals surface area contributed by atoms with E-state index in [0.717, 1.165) is 11.1 Å². The summed E-state index contributed by atoms with van der Waals surface area (Å²) in [5, 5.41) is 0. The van der Waals surface area contributed by atoms with Gasteiger partial charge in [-0.3, -0.25) is 4.79 Å². The zero-order valence-corrected chi connectivity index (χ0v) is 13.5. The number of carbonyl (C=O) groups is 1. The molecule has 0 aromatic heterocycles. The molecule has 0 radical (unpaired) electrons. The van der Waals surface area contributed by atoms with Gasteiger partial charge < -0.3 is 10.5 Å². The van der Waals surface area contributed by atoms with Crippen LogP contribution in [0.2, 0.25) is 0 Å². The lowest BCUT2D eigenvalue weighted by Crippen LogP contribution is -2.24. The van der Waals surface area contributed by atoms with Crippen molar-refractivity contribution in [2.75, 3.05) is 5.73 Å². The topological polar surface area (TPSA) is 52.3 Å². The summed E-state index contributed by atoms with van der Waals surface area (Å²) in [5.41, 5.74) is 9.20. The van der Waals surface area contributed by atoms with E-state index in [4.69, 9.17) is 10.5 Å². The Morgan fingerprint density at radius 2 is 1.42 bits per heavy atom. The molecule has 3 rings (SSSR count). The number of nitrogen functional groups attached to an aromatic ring is 1. The first-order valence-corrected chi connectivity index (χ1v) is 7.86. The van der Waals surface area contributed by atoms with E-state index in [0.29, 0.717) is 17.0 Å². The van der Waals surface area contributed by atoms with Gasteiger partial charge in [0.1, 0.15) is 5.75 Å². The van der Waals surface area contributed by atoms with Gasteiger partial charge in [-0.2, -0.15) is 0 Å². The Kier molecular flexibility index (Phi) is 4.62. The third-order valence-electron chi connectivity index (χ3n) is 3.87. The number of ether oxygens (including phenoxy) is 1. The Morgan fingerprint density at radius 1 is 0.833 bits per heavy atom. The van der Waals surface area contributed by atoms with Crippen LogP contribution < -0.4 is 10.5 Å². The third kappa shape index (κ3) is 3.46. The third-order valence-corrected chi connectivity index (χ3v) is 3.87. The molecule has 0 spiro atoms. The molecule has 2 N–H and O–H groups in total. The molecule has 1 unspecified atom stereocenters. The maximum absolute atomic E-state index is 12.5. The van der Waals surface area contributed by atoms with Gasteiger partial charge in [0.25, 0.3) is 0 Å². The molecule has 3 nitrogen and oxygen atoms in total. The summed E-state index contributed by atoms with van der Waals surface area (Å²) in [4.78, 5) is 12.5. The highest BCUT2D eigenvalue weighted by Gasteiger charge is 2.17. The smallest absolute Gasteiger partial charge is 0.202 e. The van der Waals surface area contributed by atoms with Crippen LogP contribution in [-0.4, -0.2) is 11.9 Å². The van der Waals surface area contributed by atoms with Gasteiger partial charge in [-0.1, -0.05) is 66.7 Å². The van der Waals surface area contributed by atoms with Crippen LogP contribution in [0.5, 0.6) is 5.75 Å². The fourth-order valence-corrected chi connectivity index (χ4v) is 2.52. The second kappa shape index (κ2) is 7.01. The lowest BCUT2D eigenvalue weighted by atomic mass is 10.0. The summed E-state index contributed by atoms with van der Waals surface area (Å²) in [6.07, 6.45) is -0.600. The summed E-state index contributed by atoms with van der Waals surface area (Å²) in [6, 6.07) is 24.8. The molecule has 1 atom stereocenters. The molecule has 0 saturated heterocycles.